The molecule has 2 aromatic rings. The van der Waals surface area contributed by atoms with E-state index in [1.165, 1.54) is 11.3 Å². The SMILES string of the molecule is NCc1nc(C(=O)NCC2COc3ccccc3O2)cs1. The first-order valence-electron chi connectivity index (χ1n) is 6.57. The lowest BCUT2D eigenvalue weighted by Gasteiger charge is -2.26. The van der Waals surface area contributed by atoms with Crippen LogP contribution in [-0.4, -0.2) is 30.1 Å². The molecular weight excluding hydrogens is 290 g/mol. The predicted octanol–water partition coefficient (Wildman–Crippen LogP) is 1.17. The van der Waals surface area contributed by atoms with Crippen molar-refractivity contribution in [3.05, 3.63) is 40.3 Å². The summed E-state index contributed by atoms with van der Waals surface area (Å²) < 4.78 is 11.4. The van der Waals surface area contributed by atoms with Crippen LogP contribution in [0, 0.1) is 0 Å². The third-order valence-corrected chi connectivity index (χ3v) is 3.89. The minimum absolute atomic E-state index is 0.212. The highest BCUT2D eigenvalue weighted by Crippen LogP contribution is 2.30. The average Bonchev–Trinajstić information content (AvgIpc) is 3.01. The van der Waals surface area contributed by atoms with Gasteiger partial charge in [0.1, 0.15) is 23.4 Å². The third-order valence-electron chi connectivity index (χ3n) is 3.02. The van der Waals surface area contributed by atoms with Crippen LogP contribution in [0.4, 0.5) is 0 Å². The van der Waals surface area contributed by atoms with Crippen molar-refractivity contribution in [1.82, 2.24) is 10.3 Å². The number of carbonyl (C=O) groups excluding carboxylic acids is 1. The van der Waals surface area contributed by atoms with Crippen molar-refractivity contribution in [1.29, 1.82) is 0 Å². The standard InChI is InChI=1S/C14H15N3O3S/c15-5-13-17-10(8-21-13)14(18)16-6-9-7-19-11-3-1-2-4-12(11)20-9/h1-4,8-9H,5-7,15H2,(H,16,18). The van der Waals surface area contributed by atoms with Crippen LogP contribution in [0.1, 0.15) is 15.5 Å². The van der Waals surface area contributed by atoms with E-state index in [0.29, 0.717) is 31.1 Å². The number of rotatable bonds is 4. The van der Waals surface area contributed by atoms with Crippen molar-refractivity contribution in [2.24, 2.45) is 5.73 Å². The van der Waals surface area contributed by atoms with E-state index in [4.69, 9.17) is 15.2 Å². The second-order valence-corrected chi connectivity index (χ2v) is 5.48. The van der Waals surface area contributed by atoms with Crippen molar-refractivity contribution < 1.29 is 14.3 Å². The largest absolute Gasteiger partial charge is 0.486 e. The van der Waals surface area contributed by atoms with E-state index in [9.17, 15) is 4.79 Å². The predicted molar refractivity (Wildman–Crippen MR) is 78.7 cm³/mol. The van der Waals surface area contributed by atoms with Gasteiger partial charge in [-0.3, -0.25) is 4.79 Å². The maximum absolute atomic E-state index is 12.0. The van der Waals surface area contributed by atoms with Gasteiger partial charge in [-0.2, -0.15) is 0 Å². The van der Waals surface area contributed by atoms with Gasteiger partial charge in [0, 0.05) is 11.9 Å². The van der Waals surface area contributed by atoms with Crippen molar-refractivity contribution in [2.75, 3.05) is 13.2 Å². The van der Waals surface area contributed by atoms with E-state index in [-0.39, 0.29) is 12.0 Å². The first-order valence-corrected chi connectivity index (χ1v) is 7.45. The summed E-state index contributed by atoms with van der Waals surface area (Å²) in [6, 6.07) is 7.47. The lowest BCUT2D eigenvalue weighted by Crippen LogP contribution is -2.40. The number of para-hydroxylation sites is 2. The number of hydrogen-bond acceptors (Lipinski definition) is 6. The van der Waals surface area contributed by atoms with Crippen LogP contribution in [0.5, 0.6) is 11.5 Å². The molecule has 0 radical (unpaired) electrons. The van der Waals surface area contributed by atoms with Crippen molar-refractivity contribution >= 4 is 17.2 Å². The maximum atomic E-state index is 12.0. The molecule has 1 aromatic heterocycles. The maximum Gasteiger partial charge on any atom is 0.270 e. The molecule has 0 saturated heterocycles. The molecule has 1 aromatic carbocycles. The van der Waals surface area contributed by atoms with Gasteiger partial charge in [-0.05, 0) is 12.1 Å². The van der Waals surface area contributed by atoms with Crippen LogP contribution in [0.25, 0.3) is 0 Å². The number of thiazole rings is 1. The molecule has 6 nitrogen and oxygen atoms in total. The summed E-state index contributed by atoms with van der Waals surface area (Å²) in [6.45, 7) is 1.11. The average molecular weight is 305 g/mol. The number of nitrogens with one attached hydrogen (secondary N) is 1. The van der Waals surface area contributed by atoms with E-state index in [2.05, 4.69) is 10.3 Å². The molecule has 1 unspecified atom stereocenters. The number of carbonyl (C=O) groups is 1. The van der Waals surface area contributed by atoms with Crippen molar-refractivity contribution in [3.63, 3.8) is 0 Å². The summed E-state index contributed by atoms with van der Waals surface area (Å²) in [5.74, 6) is 1.20. The molecule has 1 amide bonds. The second-order valence-electron chi connectivity index (χ2n) is 4.54. The van der Waals surface area contributed by atoms with E-state index in [0.717, 1.165) is 10.8 Å². The summed E-state index contributed by atoms with van der Waals surface area (Å²) in [4.78, 5) is 16.1. The Morgan fingerprint density at radius 1 is 1.43 bits per heavy atom. The summed E-state index contributed by atoms with van der Waals surface area (Å²) in [7, 11) is 0. The quantitative estimate of drug-likeness (QED) is 0.885. The molecule has 7 heteroatoms. The first-order chi connectivity index (χ1) is 10.3. The van der Waals surface area contributed by atoms with Crippen LogP contribution >= 0.6 is 11.3 Å². The van der Waals surface area contributed by atoms with Gasteiger partial charge in [0.25, 0.3) is 5.91 Å². The zero-order valence-electron chi connectivity index (χ0n) is 11.2. The van der Waals surface area contributed by atoms with Crippen LogP contribution in [0.3, 0.4) is 0 Å². The zero-order chi connectivity index (χ0) is 14.7. The van der Waals surface area contributed by atoms with Crippen LogP contribution in [0.2, 0.25) is 0 Å². The molecule has 1 aliphatic heterocycles. The topological polar surface area (TPSA) is 86.5 Å². The van der Waals surface area contributed by atoms with Gasteiger partial charge >= 0.3 is 0 Å². The molecular formula is C14H15N3O3S. The van der Waals surface area contributed by atoms with Crippen LogP contribution < -0.4 is 20.5 Å². The number of benzene rings is 1. The minimum Gasteiger partial charge on any atom is -0.486 e. The Hall–Kier alpha value is -2.12. The first kappa shape index (κ1) is 13.8. The fourth-order valence-corrected chi connectivity index (χ4v) is 2.62. The zero-order valence-corrected chi connectivity index (χ0v) is 12.1. The van der Waals surface area contributed by atoms with Crippen molar-refractivity contribution in [2.45, 2.75) is 12.6 Å². The summed E-state index contributed by atoms with van der Waals surface area (Å²) in [5.41, 5.74) is 5.87. The van der Waals surface area contributed by atoms with Crippen molar-refractivity contribution in [3.8, 4) is 11.5 Å². The molecule has 0 spiro atoms. The van der Waals surface area contributed by atoms with Crippen LogP contribution in [0.15, 0.2) is 29.6 Å². The second kappa shape index (κ2) is 6.11. The number of nitrogens with zero attached hydrogens (tertiary/aromatic N) is 1. The Balaban J connectivity index is 1.55. The smallest absolute Gasteiger partial charge is 0.270 e. The highest BCUT2D eigenvalue weighted by Gasteiger charge is 2.21. The summed E-state index contributed by atoms with van der Waals surface area (Å²) >= 11 is 1.38. The molecule has 1 aliphatic rings. The number of amides is 1. The number of nitrogens with two attached hydrogens (primary N) is 1. The third kappa shape index (κ3) is 3.14. The molecule has 0 fully saturated rings. The normalized spacial score (nSPS) is 16.5. The van der Waals surface area contributed by atoms with Gasteiger partial charge in [0.05, 0.1) is 6.54 Å². The van der Waals surface area contributed by atoms with E-state index in [1.54, 1.807) is 5.38 Å². The molecule has 3 rings (SSSR count). The van der Waals surface area contributed by atoms with Gasteiger partial charge in [-0.1, -0.05) is 12.1 Å². The van der Waals surface area contributed by atoms with E-state index >= 15 is 0 Å². The lowest BCUT2D eigenvalue weighted by atomic mass is 10.2. The Bertz CT molecular complexity index is 644. The Morgan fingerprint density at radius 3 is 3.00 bits per heavy atom. The molecule has 0 bridgehead atoms. The summed E-state index contributed by atoms with van der Waals surface area (Å²) in [6.07, 6.45) is -0.212. The Kier molecular flexibility index (Phi) is 4.03. The molecule has 2 heterocycles. The minimum atomic E-state index is -0.228. The number of ether oxygens (including phenoxy) is 2. The highest BCUT2D eigenvalue weighted by atomic mass is 32.1. The molecule has 0 aliphatic carbocycles. The summed E-state index contributed by atoms with van der Waals surface area (Å²) in [5, 5.41) is 5.24. The Labute approximate surface area is 125 Å². The van der Waals surface area contributed by atoms with Gasteiger partial charge in [0.15, 0.2) is 11.5 Å². The van der Waals surface area contributed by atoms with Gasteiger partial charge in [-0.15, -0.1) is 11.3 Å². The fourth-order valence-electron chi connectivity index (χ4n) is 1.97. The number of fused-ring (bicyclic) bond motifs is 1. The fraction of sp³-hybridized carbons (Fsp3) is 0.286. The number of aromatic nitrogens is 1. The number of hydrogen-bond donors (Lipinski definition) is 2. The molecule has 110 valence electrons. The van der Waals surface area contributed by atoms with Gasteiger partial charge in [0.2, 0.25) is 0 Å². The van der Waals surface area contributed by atoms with Gasteiger partial charge in [-0.25, -0.2) is 4.98 Å². The lowest BCUT2D eigenvalue weighted by molar-refractivity contribution is 0.0786. The molecule has 1 atom stereocenters. The van der Waals surface area contributed by atoms with E-state index < -0.39 is 0 Å². The van der Waals surface area contributed by atoms with Crippen LogP contribution in [-0.2, 0) is 6.54 Å². The molecule has 0 saturated carbocycles. The molecule has 21 heavy (non-hydrogen) atoms. The van der Waals surface area contributed by atoms with E-state index in [1.807, 2.05) is 24.3 Å². The van der Waals surface area contributed by atoms with Gasteiger partial charge < -0.3 is 20.5 Å². The Morgan fingerprint density at radius 2 is 2.24 bits per heavy atom. The highest BCUT2D eigenvalue weighted by molar-refractivity contribution is 7.09. The monoisotopic (exact) mass is 305 g/mol. The molecule has 3 N–H and O–H groups in total.